The van der Waals surface area contributed by atoms with Crippen LogP contribution < -0.4 is 0 Å². The van der Waals surface area contributed by atoms with Crippen LogP contribution in [-0.2, 0) is 6.54 Å². The minimum Gasteiger partial charge on any atom is -0.396 e. The molecule has 1 fully saturated rings. The molecule has 2 rings (SSSR count). The molecule has 16 heavy (non-hydrogen) atoms. The maximum Gasteiger partial charge on any atom is 0.0471 e. The zero-order valence-electron chi connectivity index (χ0n) is 10.0. The van der Waals surface area contributed by atoms with E-state index in [1.165, 1.54) is 30.5 Å². The van der Waals surface area contributed by atoms with E-state index in [2.05, 4.69) is 36.1 Å². The molecule has 0 saturated carbocycles. The summed E-state index contributed by atoms with van der Waals surface area (Å²) >= 11 is 0. The number of benzene rings is 1. The lowest BCUT2D eigenvalue weighted by molar-refractivity contribution is 0.116. The number of hydrogen-bond donors (Lipinski definition) is 1. The van der Waals surface area contributed by atoms with E-state index in [1.54, 1.807) is 0 Å². The van der Waals surface area contributed by atoms with Crippen LogP contribution in [0.1, 0.15) is 24.0 Å². The van der Waals surface area contributed by atoms with Gasteiger partial charge in [-0.2, -0.15) is 0 Å². The third kappa shape index (κ3) is 3.06. The van der Waals surface area contributed by atoms with Crippen LogP contribution in [0.4, 0.5) is 0 Å². The Morgan fingerprint density at radius 1 is 1.31 bits per heavy atom. The Kier molecular flexibility index (Phi) is 3.97. The minimum atomic E-state index is 0.338. The van der Waals surface area contributed by atoms with Crippen LogP contribution >= 0.6 is 0 Å². The van der Waals surface area contributed by atoms with Gasteiger partial charge >= 0.3 is 0 Å². The normalized spacial score (nSPS) is 22.2. The smallest absolute Gasteiger partial charge is 0.0471 e. The summed E-state index contributed by atoms with van der Waals surface area (Å²) in [5.41, 5.74) is 2.69. The Balaban J connectivity index is 1.91. The lowest BCUT2D eigenvalue weighted by atomic mass is 9.98. The molecule has 1 aromatic carbocycles. The van der Waals surface area contributed by atoms with E-state index in [1.807, 2.05) is 0 Å². The SMILES string of the molecule is Cc1ccc(CN2CCCC(CO)C2)cc1. The molecule has 2 nitrogen and oxygen atoms in total. The molecule has 0 bridgehead atoms. The van der Waals surface area contributed by atoms with Gasteiger partial charge in [-0.15, -0.1) is 0 Å². The fourth-order valence-corrected chi connectivity index (χ4v) is 2.40. The number of nitrogens with zero attached hydrogens (tertiary/aromatic N) is 1. The molecule has 1 atom stereocenters. The zero-order valence-corrected chi connectivity index (χ0v) is 10.0. The van der Waals surface area contributed by atoms with Crippen molar-refractivity contribution in [1.29, 1.82) is 0 Å². The Bertz CT molecular complexity index is 320. The summed E-state index contributed by atoms with van der Waals surface area (Å²) in [5, 5.41) is 9.18. The molecule has 0 aromatic heterocycles. The minimum absolute atomic E-state index is 0.338. The molecule has 0 spiro atoms. The number of aryl methyl sites for hydroxylation is 1. The highest BCUT2D eigenvalue weighted by Crippen LogP contribution is 2.18. The molecule has 1 aliphatic heterocycles. The predicted molar refractivity (Wildman–Crippen MR) is 66.3 cm³/mol. The topological polar surface area (TPSA) is 23.5 Å². The molecule has 1 unspecified atom stereocenters. The third-order valence-electron chi connectivity index (χ3n) is 3.39. The van der Waals surface area contributed by atoms with Crippen LogP contribution in [0.25, 0.3) is 0 Å². The van der Waals surface area contributed by atoms with Gasteiger partial charge in [0.15, 0.2) is 0 Å². The van der Waals surface area contributed by atoms with Gasteiger partial charge in [-0.3, -0.25) is 4.90 Å². The predicted octanol–water partition coefficient (Wildman–Crippen LogP) is 2.20. The molecule has 88 valence electrons. The van der Waals surface area contributed by atoms with Gasteiger partial charge in [-0.05, 0) is 37.8 Å². The van der Waals surface area contributed by atoms with E-state index < -0.39 is 0 Å². The van der Waals surface area contributed by atoms with Crippen molar-refractivity contribution >= 4 is 0 Å². The number of hydrogen-bond acceptors (Lipinski definition) is 2. The first kappa shape index (κ1) is 11.6. The van der Waals surface area contributed by atoms with Gasteiger partial charge < -0.3 is 5.11 Å². The van der Waals surface area contributed by atoms with Gasteiger partial charge in [-0.1, -0.05) is 29.8 Å². The lowest BCUT2D eigenvalue weighted by Gasteiger charge is -2.31. The van der Waals surface area contributed by atoms with Gasteiger partial charge in [0.05, 0.1) is 0 Å². The number of piperidine rings is 1. The molecule has 1 heterocycles. The number of likely N-dealkylation sites (tertiary alicyclic amines) is 1. The van der Waals surface area contributed by atoms with Crippen molar-refractivity contribution in [1.82, 2.24) is 4.90 Å². The monoisotopic (exact) mass is 219 g/mol. The van der Waals surface area contributed by atoms with Gasteiger partial charge in [0.1, 0.15) is 0 Å². The van der Waals surface area contributed by atoms with Crippen LogP contribution in [0, 0.1) is 12.8 Å². The van der Waals surface area contributed by atoms with Crippen molar-refractivity contribution in [2.24, 2.45) is 5.92 Å². The first-order chi connectivity index (χ1) is 7.78. The molecular weight excluding hydrogens is 198 g/mol. The first-order valence-electron chi connectivity index (χ1n) is 6.16. The summed E-state index contributed by atoms with van der Waals surface area (Å²) < 4.78 is 0. The standard InChI is InChI=1S/C14H21NO/c1-12-4-6-13(7-5-12)9-15-8-2-3-14(10-15)11-16/h4-7,14,16H,2-3,8-11H2,1H3. The molecule has 2 heteroatoms. The summed E-state index contributed by atoms with van der Waals surface area (Å²) in [7, 11) is 0. The van der Waals surface area contributed by atoms with Crippen LogP contribution in [0.15, 0.2) is 24.3 Å². The number of aliphatic hydroxyl groups is 1. The van der Waals surface area contributed by atoms with Gasteiger partial charge in [-0.25, -0.2) is 0 Å². The highest BCUT2D eigenvalue weighted by Gasteiger charge is 2.18. The summed E-state index contributed by atoms with van der Waals surface area (Å²) in [6, 6.07) is 8.75. The van der Waals surface area contributed by atoms with Gasteiger partial charge in [0.2, 0.25) is 0 Å². The summed E-state index contributed by atoms with van der Waals surface area (Å²) in [6.07, 6.45) is 2.40. The van der Waals surface area contributed by atoms with Crippen molar-refractivity contribution in [3.05, 3.63) is 35.4 Å². The number of rotatable bonds is 3. The highest BCUT2D eigenvalue weighted by atomic mass is 16.3. The Labute approximate surface area is 97.9 Å². The second-order valence-electron chi connectivity index (χ2n) is 4.91. The molecule has 0 aliphatic carbocycles. The second kappa shape index (κ2) is 5.46. The van der Waals surface area contributed by atoms with Crippen molar-refractivity contribution in [2.75, 3.05) is 19.7 Å². The van der Waals surface area contributed by atoms with Crippen molar-refractivity contribution in [3.63, 3.8) is 0 Å². The average Bonchev–Trinajstić information content (AvgIpc) is 2.32. The molecule has 1 N–H and O–H groups in total. The zero-order chi connectivity index (χ0) is 11.4. The molecule has 1 aliphatic rings. The summed E-state index contributed by atoms with van der Waals surface area (Å²) in [6.45, 7) is 5.70. The fraction of sp³-hybridized carbons (Fsp3) is 0.571. The van der Waals surface area contributed by atoms with Gasteiger partial charge in [0, 0.05) is 19.7 Å². The molecule has 0 amide bonds. The summed E-state index contributed by atoms with van der Waals surface area (Å²) in [4.78, 5) is 2.45. The molecular formula is C14H21NO. The van der Waals surface area contributed by atoms with Crippen LogP contribution in [-0.4, -0.2) is 29.7 Å². The van der Waals surface area contributed by atoms with E-state index in [0.29, 0.717) is 12.5 Å². The van der Waals surface area contributed by atoms with E-state index in [4.69, 9.17) is 0 Å². The van der Waals surface area contributed by atoms with Gasteiger partial charge in [0.25, 0.3) is 0 Å². The average molecular weight is 219 g/mol. The van der Waals surface area contributed by atoms with E-state index in [0.717, 1.165) is 13.1 Å². The fourth-order valence-electron chi connectivity index (χ4n) is 2.40. The first-order valence-corrected chi connectivity index (χ1v) is 6.16. The van der Waals surface area contributed by atoms with Crippen molar-refractivity contribution < 1.29 is 5.11 Å². The molecule has 0 radical (unpaired) electrons. The van der Waals surface area contributed by atoms with Crippen molar-refractivity contribution in [3.8, 4) is 0 Å². The van der Waals surface area contributed by atoms with Crippen LogP contribution in [0.3, 0.4) is 0 Å². The largest absolute Gasteiger partial charge is 0.396 e. The Morgan fingerprint density at radius 3 is 2.75 bits per heavy atom. The van der Waals surface area contributed by atoms with E-state index >= 15 is 0 Å². The summed E-state index contributed by atoms with van der Waals surface area (Å²) in [5.74, 6) is 0.485. The second-order valence-corrected chi connectivity index (χ2v) is 4.91. The van der Waals surface area contributed by atoms with Crippen LogP contribution in [0.2, 0.25) is 0 Å². The maximum absolute atomic E-state index is 9.18. The maximum atomic E-state index is 9.18. The quantitative estimate of drug-likeness (QED) is 0.842. The molecule has 1 saturated heterocycles. The van der Waals surface area contributed by atoms with E-state index in [9.17, 15) is 5.11 Å². The molecule has 1 aromatic rings. The van der Waals surface area contributed by atoms with Crippen molar-refractivity contribution in [2.45, 2.75) is 26.3 Å². The highest BCUT2D eigenvalue weighted by molar-refractivity contribution is 5.21. The Morgan fingerprint density at radius 2 is 2.06 bits per heavy atom. The lowest BCUT2D eigenvalue weighted by Crippen LogP contribution is -2.36. The van der Waals surface area contributed by atoms with Crippen LogP contribution in [0.5, 0.6) is 0 Å². The number of aliphatic hydroxyl groups excluding tert-OH is 1. The third-order valence-corrected chi connectivity index (χ3v) is 3.39. The Hall–Kier alpha value is -0.860. The van der Waals surface area contributed by atoms with E-state index in [-0.39, 0.29) is 0 Å².